The third-order valence-electron chi connectivity index (χ3n) is 3.65. The molecule has 21 heavy (non-hydrogen) atoms. The molecule has 0 spiro atoms. The first-order chi connectivity index (χ1) is 10.2. The van der Waals surface area contributed by atoms with Crippen LogP contribution in [0.3, 0.4) is 0 Å². The van der Waals surface area contributed by atoms with Crippen LogP contribution in [-0.2, 0) is 6.42 Å². The van der Waals surface area contributed by atoms with Gasteiger partial charge >= 0.3 is 0 Å². The molecule has 3 rings (SSSR count). The van der Waals surface area contributed by atoms with E-state index in [1.807, 2.05) is 0 Å². The third-order valence-corrected chi connectivity index (χ3v) is 3.65. The van der Waals surface area contributed by atoms with Gasteiger partial charge < -0.3 is 9.84 Å². The van der Waals surface area contributed by atoms with Gasteiger partial charge in [0.25, 0.3) is 5.69 Å². The van der Waals surface area contributed by atoms with Crippen LogP contribution in [0.2, 0.25) is 0 Å². The molecule has 7 nitrogen and oxygen atoms in total. The van der Waals surface area contributed by atoms with E-state index in [0.29, 0.717) is 23.2 Å². The maximum absolute atomic E-state index is 10.8. The van der Waals surface area contributed by atoms with Crippen molar-refractivity contribution in [2.24, 2.45) is 5.92 Å². The third kappa shape index (κ3) is 3.25. The smallest absolute Gasteiger partial charge is 0.270 e. The topological polar surface area (TPSA) is 94.1 Å². The van der Waals surface area contributed by atoms with E-state index in [1.165, 1.54) is 12.1 Å². The molecule has 1 atom stereocenters. The number of benzene rings is 1. The molecule has 1 aliphatic heterocycles. The summed E-state index contributed by atoms with van der Waals surface area (Å²) in [5, 5.41) is 18.1. The summed E-state index contributed by atoms with van der Waals surface area (Å²) in [4.78, 5) is 14.7. The van der Waals surface area contributed by atoms with Gasteiger partial charge in [0.05, 0.1) is 4.92 Å². The van der Waals surface area contributed by atoms with E-state index in [2.05, 4.69) is 15.5 Å². The summed E-state index contributed by atoms with van der Waals surface area (Å²) in [7, 11) is 0. The van der Waals surface area contributed by atoms with Gasteiger partial charge in [-0.15, -0.1) is 0 Å². The van der Waals surface area contributed by atoms with Gasteiger partial charge in [0.2, 0.25) is 11.7 Å². The van der Waals surface area contributed by atoms with Crippen molar-refractivity contribution in [1.82, 2.24) is 15.5 Å². The van der Waals surface area contributed by atoms with Gasteiger partial charge in [-0.3, -0.25) is 10.1 Å². The Hall–Kier alpha value is -2.28. The molecular weight excluding hydrogens is 272 g/mol. The van der Waals surface area contributed by atoms with E-state index in [4.69, 9.17) is 4.52 Å². The first-order valence-corrected chi connectivity index (χ1v) is 7.00. The van der Waals surface area contributed by atoms with Crippen molar-refractivity contribution in [3.8, 4) is 11.4 Å². The summed E-state index contributed by atoms with van der Waals surface area (Å²) in [5.41, 5.74) is 0.622. The fourth-order valence-corrected chi connectivity index (χ4v) is 2.56. The van der Waals surface area contributed by atoms with E-state index < -0.39 is 4.92 Å². The minimum absolute atomic E-state index is 0.0235. The molecule has 7 heteroatoms. The molecule has 0 aliphatic carbocycles. The minimum atomic E-state index is -0.432. The van der Waals surface area contributed by atoms with Crippen molar-refractivity contribution in [2.45, 2.75) is 19.3 Å². The zero-order valence-corrected chi connectivity index (χ0v) is 11.5. The number of nitrogens with one attached hydrogen (secondary N) is 1. The highest BCUT2D eigenvalue weighted by molar-refractivity contribution is 5.58. The Kier molecular flexibility index (Phi) is 3.92. The van der Waals surface area contributed by atoms with E-state index in [9.17, 15) is 10.1 Å². The summed E-state index contributed by atoms with van der Waals surface area (Å²) >= 11 is 0. The number of rotatable bonds is 4. The molecule has 1 aliphatic rings. The van der Waals surface area contributed by atoms with Crippen molar-refractivity contribution in [3.63, 3.8) is 0 Å². The molecule has 1 saturated heterocycles. The Labute approximate surface area is 121 Å². The van der Waals surface area contributed by atoms with Crippen molar-refractivity contribution in [3.05, 3.63) is 40.3 Å². The van der Waals surface area contributed by atoms with Crippen molar-refractivity contribution >= 4 is 5.69 Å². The molecule has 2 aromatic rings. The molecule has 0 saturated carbocycles. The first kappa shape index (κ1) is 13.7. The van der Waals surface area contributed by atoms with Crippen molar-refractivity contribution in [1.29, 1.82) is 0 Å². The number of nitro groups is 1. The fourth-order valence-electron chi connectivity index (χ4n) is 2.56. The molecule has 1 aromatic carbocycles. The molecule has 0 amide bonds. The predicted molar refractivity (Wildman–Crippen MR) is 75.7 cm³/mol. The standard InChI is InChI=1S/C14H16N4O3/c19-18(20)12-5-1-4-11(8-12)14-16-13(21-17-14)7-10-3-2-6-15-9-10/h1,4-5,8,10,15H,2-3,6-7,9H2. The number of piperidine rings is 1. The molecule has 2 heterocycles. The highest BCUT2D eigenvalue weighted by Gasteiger charge is 2.18. The van der Waals surface area contributed by atoms with Crippen LogP contribution in [0.4, 0.5) is 5.69 Å². The predicted octanol–water partition coefficient (Wildman–Crippen LogP) is 2.19. The second-order valence-electron chi connectivity index (χ2n) is 5.24. The van der Waals surface area contributed by atoms with Gasteiger partial charge in [-0.25, -0.2) is 0 Å². The second-order valence-corrected chi connectivity index (χ2v) is 5.24. The molecule has 110 valence electrons. The van der Waals surface area contributed by atoms with Gasteiger partial charge in [-0.2, -0.15) is 4.98 Å². The molecule has 1 unspecified atom stereocenters. The SMILES string of the molecule is O=[N+]([O-])c1cccc(-c2noc(CC3CCCNC3)n2)c1. The summed E-state index contributed by atoms with van der Waals surface area (Å²) in [6, 6.07) is 6.26. The van der Waals surface area contributed by atoms with Crippen molar-refractivity contribution in [2.75, 3.05) is 13.1 Å². The van der Waals surface area contributed by atoms with Crippen LogP contribution in [0, 0.1) is 16.0 Å². The summed E-state index contributed by atoms with van der Waals surface area (Å²) in [6.07, 6.45) is 3.06. The zero-order valence-electron chi connectivity index (χ0n) is 11.5. The van der Waals surface area contributed by atoms with Gasteiger partial charge in [-0.05, 0) is 31.8 Å². The lowest BCUT2D eigenvalue weighted by atomic mass is 9.96. The average molecular weight is 288 g/mol. The van der Waals surface area contributed by atoms with Gasteiger partial charge in [-0.1, -0.05) is 17.3 Å². The molecule has 0 bridgehead atoms. The quantitative estimate of drug-likeness (QED) is 0.684. The van der Waals surface area contributed by atoms with Gasteiger partial charge in [0.15, 0.2) is 0 Å². The number of non-ortho nitro benzene ring substituents is 1. The minimum Gasteiger partial charge on any atom is -0.339 e. The Bertz CT molecular complexity index is 635. The first-order valence-electron chi connectivity index (χ1n) is 7.00. The highest BCUT2D eigenvalue weighted by Crippen LogP contribution is 2.22. The fraction of sp³-hybridized carbons (Fsp3) is 0.429. The molecule has 0 radical (unpaired) electrons. The van der Waals surface area contributed by atoms with Crippen LogP contribution < -0.4 is 5.32 Å². The molecule has 1 N–H and O–H groups in total. The maximum Gasteiger partial charge on any atom is 0.270 e. The lowest BCUT2D eigenvalue weighted by Gasteiger charge is -2.20. The lowest BCUT2D eigenvalue weighted by Crippen LogP contribution is -2.30. The highest BCUT2D eigenvalue weighted by atomic mass is 16.6. The largest absolute Gasteiger partial charge is 0.339 e. The van der Waals surface area contributed by atoms with Crippen molar-refractivity contribution < 1.29 is 9.45 Å². The molecule has 1 fully saturated rings. The number of aromatic nitrogens is 2. The average Bonchev–Trinajstić information content (AvgIpc) is 2.97. The van der Waals surface area contributed by atoms with Crippen LogP contribution in [-0.4, -0.2) is 28.2 Å². The van der Waals surface area contributed by atoms with E-state index in [0.717, 1.165) is 32.4 Å². The Balaban J connectivity index is 1.75. The summed E-state index contributed by atoms with van der Waals surface area (Å²) < 4.78 is 5.26. The Morgan fingerprint density at radius 2 is 2.38 bits per heavy atom. The van der Waals surface area contributed by atoms with E-state index in [1.54, 1.807) is 12.1 Å². The van der Waals surface area contributed by atoms with Crippen LogP contribution in [0.5, 0.6) is 0 Å². The lowest BCUT2D eigenvalue weighted by molar-refractivity contribution is -0.384. The van der Waals surface area contributed by atoms with E-state index in [-0.39, 0.29) is 5.69 Å². The van der Waals surface area contributed by atoms with Crippen LogP contribution in [0.15, 0.2) is 28.8 Å². The number of nitro benzene ring substituents is 1. The summed E-state index contributed by atoms with van der Waals surface area (Å²) in [5.74, 6) is 1.50. The van der Waals surface area contributed by atoms with Crippen LogP contribution >= 0.6 is 0 Å². The number of hydrogen-bond acceptors (Lipinski definition) is 6. The summed E-state index contributed by atoms with van der Waals surface area (Å²) in [6.45, 7) is 2.04. The Morgan fingerprint density at radius 1 is 1.48 bits per heavy atom. The second kappa shape index (κ2) is 6.01. The van der Waals surface area contributed by atoms with Gasteiger partial charge in [0.1, 0.15) is 0 Å². The number of nitrogens with zero attached hydrogens (tertiary/aromatic N) is 3. The monoisotopic (exact) mass is 288 g/mol. The number of hydrogen-bond donors (Lipinski definition) is 1. The van der Waals surface area contributed by atoms with Crippen LogP contribution in [0.25, 0.3) is 11.4 Å². The molecule has 1 aromatic heterocycles. The van der Waals surface area contributed by atoms with Gasteiger partial charge in [0, 0.05) is 24.1 Å². The zero-order chi connectivity index (χ0) is 14.7. The Morgan fingerprint density at radius 3 is 3.14 bits per heavy atom. The maximum atomic E-state index is 10.8. The van der Waals surface area contributed by atoms with E-state index >= 15 is 0 Å². The van der Waals surface area contributed by atoms with Crippen LogP contribution in [0.1, 0.15) is 18.7 Å². The molecular formula is C14H16N4O3. The normalized spacial score (nSPS) is 18.6.